The molecule has 3 heterocycles. The summed E-state index contributed by atoms with van der Waals surface area (Å²) in [6.45, 7) is 1.67. The van der Waals surface area contributed by atoms with Crippen molar-refractivity contribution >= 4 is 23.3 Å². The Balaban J connectivity index is 1.59. The number of carbonyl (C=O) groups excluding carboxylic acids is 3. The molecule has 164 valence electrons. The third kappa shape index (κ3) is 3.71. The maximum Gasteiger partial charge on any atom is 0.297 e. The maximum absolute atomic E-state index is 13.2. The third-order valence-electron chi connectivity index (χ3n) is 5.39. The van der Waals surface area contributed by atoms with Crippen molar-refractivity contribution in [2.24, 2.45) is 5.92 Å². The van der Waals surface area contributed by atoms with Crippen LogP contribution in [0.3, 0.4) is 0 Å². The number of hydrogen-bond donors (Lipinski definition) is 0. The molecule has 1 saturated heterocycles. The van der Waals surface area contributed by atoms with E-state index >= 15 is 0 Å². The Bertz CT molecular complexity index is 1330. The quantitative estimate of drug-likeness (QED) is 0.246. The first kappa shape index (κ1) is 20.4. The molecule has 0 radical (unpaired) electrons. The first-order valence-corrected chi connectivity index (χ1v) is 10.2. The van der Waals surface area contributed by atoms with Gasteiger partial charge in [-0.1, -0.05) is 35.5 Å². The molecule has 0 bridgehead atoms. The Morgan fingerprint density at radius 3 is 2.45 bits per heavy atom. The Labute approximate surface area is 188 Å². The molecule has 1 aliphatic rings. The Morgan fingerprint density at radius 1 is 0.970 bits per heavy atom. The van der Waals surface area contributed by atoms with Gasteiger partial charge in [0.15, 0.2) is 11.6 Å². The molecule has 0 N–H and O–H groups in total. The van der Waals surface area contributed by atoms with Gasteiger partial charge in [0.25, 0.3) is 5.91 Å². The molecule has 1 fully saturated rings. The molecular weight excluding hydrogens is 424 g/mol. The zero-order valence-corrected chi connectivity index (χ0v) is 17.5. The van der Waals surface area contributed by atoms with Crippen LogP contribution in [-0.2, 0) is 9.59 Å². The highest BCUT2D eigenvalue weighted by Crippen LogP contribution is 2.42. The van der Waals surface area contributed by atoms with Crippen LogP contribution in [0.15, 0.2) is 88.0 Å². The predicted octanol–water partition coefficient (Wildman–Crippen LogP) is 4.52. The molecule has 33 heavy (non-hydrogen) atoms. The number of anilines is 1. The summed E-state index contributed by atoms with van der Waals surface area (Å²) >= 11 is 0. The second-order valence-corrected chi connectivity index (χ2v) is 7.59. The topological polar surface area (TPSA) is 103 Å². The van der Waals surface area contributed by atoms with E-state index < -0.39 is 29.4 Å². The van der Waals surface area contributed by atoms with Crippen molar-refractivity contribution in [1.82, 2.24) is 5.16 Å². The predicted molar refractivity (Wildman–Crippen MR) is 116 cm³/mol. The number of para-hydroxylation sites is 1. The van der Waals surface area contributed by atoms with E-state index in [1.165, 1.54) is 17.2 Å². The number of carbonyl (C=O) groups is 3. The van der Waals surface area contributed by atoms with E-state index in [9.17, 15) is 14.4 Å². The van der Waals surface area contributed by atoms with Crippen molar-refractivity contribution in [2.75, 3.05) is 4.90 Å². The van der Waals surface area contributed by atoms with Crippen LogP contribution >= 0.6 is 0 Å². The molecule has 1 aliphatic heterocycles. The van der Waals surface area contributed by atoms with Crippen molar-refractivity contribution in [3.63, 3.8) is 0 Å². The van der Waals surface area contributed by atoms with E-state index in [-0.39, 0.29) is 11.6 Å². The van der Waals surface area contributed by atoms with Crippen molar-refractivity contribution in [2.45, 2.75) is 13.0 Å². The minimum atomic E-state index is -1.31. The monoisotopic (exact) mass is 442 g/mol. The van der Waals surface area contributed by atoms with E-state index in [2.05, 4.69) is 5.16 Å². The van der Waals surface area contributed by atoms with Gasteiger partial charge in [0.05, 0.1) is 12.3 Å². The van der Waals surface area contributed by atoms with E-state index in [0.717, 1.165) is 0 Å². The van der Waals surface area contributed by atoms with Crippen LogP contribution < -0.4 is 9.64 Å². The smallest absolute Gasteiger partial charge is 0.297 e. The fourth-order valence-corrected chi connectivity index (χ4v) is 3.95. The number of benzene rings is 2. The van der Waals surface area contributed by atoms with Crippen LogP contribution in [0.2, 0.25) is 0 Å². The Morgan fingerprint density at radius 2 is 1.76 bits per heavy atom. The van der Waals surface area contributed by atoms with E-state index in [1.54, 1.807) is 43.3 Å². The highest BCUT2D eigenvalue weighted by atomic mass is 16.5. The number of rotatable bonds is 6. The zero-order valence-electron chi connectivity index (χ0n) is 17.5. The molecule has 5 rings (SSSR count). The Hall–Kier alpha value is -4.46. The summed E-state index contributed by atoms with van der Waals surface area (Å²) in [5.41, 5.74) is 0.535. The average Bonchev–Trinajstić information content (AvgIpc) is 3.55. The van der Waals surface area contributed by atoms with Crippen LogP contribution in [-0.4, -0.2) is 22.6 Å². The van der Waals surface area contributed by atoms with Crippen LogP contribution in [0.25, 0.3) is 0 Å². The minimum absolute atomic E-state index is 0.000948. The highest BCUT2D eigenvalue weighted by Gasteiger charge is 2.53. The van der Waals surface area contributed by atoms with Crippen LogP contribution in [0.1, 0.15) is 27.9 Å². The molecule has 2 unspecified atom stereocenters. The number of ether oxygens (including phenoxy) is 1. The number of hydrogen-bond acceptors (Lipinski definition) is 7. The highest BCUT2D eigenvalue weighted by molar-refractivity contribution is 6.48. The summed E-state index contributed by atoms with van der Waals surface area (Å²) in [5, 5.41) is 3.92. The number of ketones is 2. The van der Waals surface area contributed by atoms with E-state index in [1.807, 2.05) is 30.3 Å². The molecule has 1 amide bonds. The first-order valence-electron chi connectivity index (χ1n) is 10.2. The van der Waals surface area contributed by atoms with Crippen LogP contribution in [0.4, 0.5) is 5.82 Å². The maximum atomic E-state index is 13.2. The molecule has 0 aliphatic carbocycles. The van der Waals surface area contributed by atoms with Gasteiger partial charge in [-0.25, -0.2) is 0 Å². The van der Waals surface area contributed by atoms with Crippen molar-refractivity contribution < 1.29 is 28.1 Å². The van der Waals surface area contributed by atoms with Gasteiger partial charge < -0.3 is 13.7 Å². The molecule has 2 aromatic carbocycles. The number of aromatic nitrogens is 1. The summed E-state index contributed by atoms with van der Waals surface area (Å²) in [4.78, 5) is 40.5. The summed E-state index contributed by atoms with van der Waals surface area (Å²) < 4.78 is 16.3. The van der Waals surface area contributed by atoms with E-state index in [4.69, 9.17) is 13.7 Å². The second-order valence-electron chi connectivity index (χ2n) is 7.59. The minimum Gasteiger partial charge on any atom is -0.461 e. The SMILES string of the molecule is Cc1cc(N2C(=O)C(=O)C(C(=O)c3ccco3)C2c2cccc(Oc3ccccc3)c2)no1. The number of furan rings is 1. The molecule has 8 heteroatoms. The lowest BCUT2D eigenvalue weighted by molar-refractivity contribution is -0.135. The van der Waals surface area contributed by atoms with Gasteiger partial charge in [-0.3, -0.25) is 19.3 Å². The van der Waals surface area contributed by atoms with Gasteiger partial charge in [0.2, 0.25) is 11.6 Å². The molecule has 2 aromatic heterocycles. The van der Waals surface area contributed by atoms with Gasteiger partial charge in [-0.2, -0.15) is 0 Å². The molecule has 2 atom stereocenters. The molecular formula is C25H18N2O6. The van der Waals surface area contributed by atoms with E-state index in [0.29, 0.717) is 22.8 Å². The lowest BCUT2D eigenvalue weighted by Gasteiger charge is -2.25. The van der Waals surface area contributed by atoms with Gasteiger partial charge >= 0.3 is 0 Å². The van der Waals surface area contributed by atoms with Gasteiger partial charge in [0, 0.05) is 6.07 Å². The van der Waals surface area contributed by atoms with Crippen molar-refractivity contribution in [1.29, 1.82) is 0 Å². The average molecular weight is 442 g/mol. The molecule has 4 aromatic rings. The van der Waals surface area contributed by atoms with Crippen molar-refractivity contribution in [3.05, 3.63) is 96.1 Å². The fraction of sp³-hybridized carbons (Fsp3) is 0.120. The summed E-state index contributed by atoms with van der Waals surface area (Å²) in [6.07, 6.45) is 1.34. The zero-order chi connectivity index (χ0) is 22.9. The third-order valence-corrected chi connectivity index (χ3v) is 5.39. The van der Waals surface area contributed by atoms with Crippen LogP contribution in [0.5, 0.6) is 11.5 Å². The number of amides is 1. The fourth-order valence-electron chi connectivity index (χ4n) is 3.95. The molecule has 8 nitrogen and oxygen atoms in total. The van der Waals surface area contributed by atoms with Crippen molar-refractivity contribution in [3.8, 4) is 11.5 Å². The lowest BCUT2D eigenvalue weighted by atomic mass is 9.88. The summed E-state index contributed by atoms with van der Waals surface area (Å²) in [6, 6.07) is 19.7. The van der Waals surface area contributed by atoms with Gasteiger partial charge in [-0.15, -0.1) is 0 Å². The first-order chi connectivity index (χ1) is 16.0. The Kier molecular flexibility index (Phi) is 5.10. The summed E-state index contributed by atoms with van der Waals surface area (Å²) in [5.74, 6) is -1.84. The summed E-state index contributed by atoms with van der Waals surface area (Å²) in [7, 11) is 0. The second kappa shape index (κ2) is 8.23. The van der Waals surface area contributed by atoms with Gasteiger partial charge in [-0.05, 0) is 48.9 Å². The standard InChI is InChI=1S/C25H18N2O6/c1-15-13-20(26-33-15)27-22(21(24(29)25(27)30)23(28)19-11-6-12-31-19)16-7-5-10-18(14-16)32-17-8-3-2-4-9-17/h2-14,21-22H,1H3. The number of nitrogens with zero attached hydrogens (tertiary/aromatic N) is 2. The normalized spacial score (nSPS) is 18.0. The number of aryl methyl sites for hydroxylation is 1. The largest absolute Gasteiger partial charge is 0.461 e. The molecule has 0 spiro atoms. The van der Waals surface area contributed by atoms with Crippen LogP contribution in [0, 0.1) is 12.8 Å². The lowest BCUT2D eigenvalue weighted by Crippen LogP contribution is -2.30. The van der Waals surface area contributed by atoms with Gasteiger partial charge in [0.1, 0.15) is 23.2 Å². The number of Topliss-reactive ketones (excluding diaryl/α,β-unsaturated/α-hetero) is 2. The molecule has 0 saturated carbocycles.